The van der Waals surface area contributed by atoms with Crippen LogP contribution in [0, 0.1) is 10.1 Å². The van der Waals surface area contributed by atoms with Gasteiger partial charge >= 0.3 is 6.18 Å². The SMILES string of the molecule is CC1=C=C=c2c(C(F)(F)F)c([N+](=O)[O-])ccc2=C1. The average molecular weight is 253 g/mol. The molecule has 1 aliphatic carbocycles. The lowest BCUT2D eigenvalue weighted by Crippen LogP contribution is -2.33. The van der Waals surface area contributed by atoms with Crippen LogP contribution in [0.1, 0.15) is 12.5 Å². The molecule has 0 heterocycles. The minimum atomic E-state index is -4.80. The molecule has 0 amide bonds. The highest BCUT2D eigenvalue weighted by molar-refractivity contribution is 5.56. The molecule has 6 heteroatoms. The predicted octanol–water partition coefficient (Wildman–Crippen LogP) is 1.89. The van der Waals surface area contributed by atoms with E-state index in [1.807, 2.05) is 0 Å². The number of rotatable bonds is 1. The molecule has 2 rings (SSSR count). The first kappa shape index (κ1) is 12.2. The van der Waals surface area contributed by atoms with Gasteiger partial charge < -0.3 is 0 Å². The third-order valence-electron chi connectivity index (χ3n) is 2.45. The second-order valence-electron chi connectivity index (χ2n) is 3.76. The molecule has 0 aromatic heterocycles. The molecule has 1 aliphatic rings. The van der Waals surface area contributed by atoms with Crippen LogP contribution in [-0.2, 0) is 6.18 Å². The molecule has 0 aliphatic heterocycles. The highest BCUT2D eigenvalue weighted by Gasteiger charge is 2.39. The summed E-state index contributed by atoms with van der Waals surface area (Å²) in [6.07, 6.45) is -3.33. The van der Waals surface area contributed by atoms with Crippen molar-refractivity contribution in [2.75, 3.05) is 0 Å². The molecule has 18 heavy (non-hydrogen) atoms. The maximum atomic E-state index is 12.9. The van der Waals surface area contributed by atoms with Crippen LogP contribution in [-0.4, -0.2) is 4.92 Å². The standard InChI is InChI=1S/C12H6F3NO2/c1-7-2-4-9-8(6-7)3-5-10(16(17)18)11(9)12(13,14)15/h3,5-6H,1H3. The van der Waals surface area contributed by atoms with Crippen molar-refractivity contribution in [1.29, 1.82) is 0 Å². The summed E-state index contributed by atoms with van der Waals surface area (Å²) in [4.78, 5) is 9.61. The summed E-state index contributed by atoms with van der Waals surface area (Å²) in [5.74, 6) is 0. The van der Waals surface area contributed by atoms with Gasteiger partial charge in [0.15, 0.2) is 0 Å². The van der Waals surface area contributed by atoms with E-state index in [1.54, 1.807) is 6.92 Å². The first-order chi connectivity index (χ1) is 8.30. The summed E-state index contributed by atoms with van der Waals surface area (Å²) in [7, 11) is 0. The van der Waals surface area contributed by atoms with E-state index in [0.717, 1.165) is 6.07 Å². The highest BCUT2D eigenvalue weighted by Crippen LogP contribution is 2.32. The van der Waals surface area contributed by atoms with Gasteiger partial charge in [0.05, 0.1) is 10.1 Å². The average Bonchev–Trinajstić information content (AvgIpc) is 2.25. The van der Waals surface area contributed by atoms with E-state index in [4.69, 9.17) is 0 Å². The zero-order valence-electron chi connectivity index (χ0n) is 9.13. The van der Waals surface area contributed by atoms with Crippen molar-refractivity contribution in [3.05, 3.63) is 49.6 Å². The van der Waals surface area contributed by atoms with Crippen molar-refractivity contribution < 1.29 is 18.1 Å². The number of benzene rings is 1. The molecule has 0 unspecified atom stereocenters. The number of fused-ring (bicyclic) bond motifs is 1. The van der Waals surface area contributed by atoms with Crippen LogP contribution in [0.4, 0.5) is 18.9 Å². The number of halogens is 3. The van der Waals surface area contributed by atoms with Crippen LogP contribution in [0.15, 0.2) is 23.4 Å². The lowest BCUT2D eigenvalue weighted by atomic mass is 10.0. The van der Waals surface area contributed by atoms with Crippen molar-refractivity contribution in [3.63, 3.8) is 0 Å². The molecular formula is C12H6F3NO2. The Bertz CT molecular complexity index is 734. The Hall–Kier alpha value is -2.29. The van der Waals surface area contributed by atoms with E-state index in [2.05, 4.69) is 11.5 Å². The van der Waals surface area contributed by atoms with Gasteiger partial charge in [0, 0.05) is 6.07 Å². The summed E-state index contributed by atoms with van der Waals surface area (Å²) >= 11 is 0. The molecule has 3 nitrogen and oxygen atoms in total. The van der Waals surface area contributed by atoms with E-state index >= 15 is 0 Å². The third kappa shape index (κ3) is 1.95. The van der Waals surface area contributed by atoms with Gasteiger partial charge in [-0.25, -0.2) is 0 Å². The van der Waals surface area contributed by atoms with Crippen LogP contribution in [0.5, 0.6) is 0 Å². The second-order valence-corrected chi connectivity index (χ2v) is 3.76. The zero-order valence-corrected chi connectivity index (χ0v) is 9.13. The molecule has 1 aromatic rings. The number of nitrogens with zero attached hydrogens (tertiary/aromatic N) is 1. The summed E-state index contributed by atoms with van der Waals surface area (Å²) in [6.45, 7) is 1.66. The molecule has 0 saturated carbocycles. The number of hydrogen-bond acceptors (Lipinski definition) is 2. The lowest BCUT2D eigenvalue weighted by molar-refractivity contribution is -0.388. The Balaban J connectivity index is 3.04. The smallest absolute Gasteiger partial charge is 0.258 e. The number of alkyl halides is 3. The molecule has 0 N–H and O–H groups in total. The van der Waals surface area contributed by atoms with Crippen LogP contribution in [0.2, 0.25) is 0 Å². The van der Waals surface area contributed by atoms with Crippen molar-refractivity contribution in [3.8, 4) is 0 Å². The van der Waals surface area contributed by atoms with Gasteiger partial charge in [-0.3, -0.25) is 10.1 Å². The molecule has 0 fully saturated rings. The largest absolute Gasteiger partial charge is 0.424 e. The van der Waals surface area contributed by atoms with Crippen LogP contribution >= 0.6 is 0 Å². The highest BCUT2D eigenvalue weighted by atomic mass is 19.4. The molecule has 0 saturated heterocycles. The first-order valence-corrected chi connectivity index (χ1v) is 4.89. The van der Waals surface area contributed by atoms with E-state index in [0.29, 0.717) is 5.57 Å². The topological polar surface area (TPSA) is 43.1 Å². The molecule has 0 spiro atoms. The Labute approximate surface area is 99.0 Å². The first-order valence-electron chi connectivity index (χ1n) is 4.89. The Kier molecular flexibility index (Phi) is 2.62. The predicted molar refractivity (Wildman–Crippen MR) is 57.9 cm³/mol. The molecular weight excluding hydrogens is 247 g/mol. The maximum Gasteiger partial charge on any atom is 0.424 e. The van der Waals surface area contributed by atoms with Gasteiger partial charge in [-0.05, 0) is 29.9 Å². The number of allylic oxidation sites excluding steroid dienone is 1. The van der Waals surface area contributed by atoms with E-state index in [9.17, 15) is 23.3 Å². The Morgan fingerprint density at radius 1 is 1.28 bits per heavy atom. The van der Waals surface area contributed by atoms with Crippen molar-refractivity contribution in [2.24, 2.45) is 0 Å². The molecule has 92 valence electrons. The van der Waals surface area contributed by atoms with Crippen molar-refractivity contribution in [1.82, 2.24) is 0 Å². The fourth-order valence-corrected chi connectivity index (χ4v) is 1.73. The van der Waals surface area contributed by atoms with Gasteiger partial charge in [-0.1, -0.05) is 11.5 Å². The monoisotopic (exact) mass is 253 g/mol. The quantitative estimate of drug-likeness (QED) is 0.435. The van der Waals surface area contributed by atoms with E-state index in [1.165, 1.54) is 12.1 Å². The molecule has 1 aromatic carbocycles. The van der Waals surface area contributed by atoms with Crippen LogP contribution < -0.4 is 10.4 Å². The normalized spacial score (nSPS) is 13.2. The van der Waals surface area contributed by atoms with Crippen molar-refractivity contribution in [2.45, 2.75) is 13.1 Å². The van der Waals surface area contributed by atoms with Gasteiger partial charge in [-0.15, -0.1) is 0 Å². The molecule has 0 radical (unpaired) electrons. The molecule has 0 atom stereocenters. The van der Waals surface area contributed by atoms with Crippen molar-refractivity contribution >= 4 is 17.5 Å². The summed E-state index contributed by atoms with van der Waals surface area (Å²) in [5.41, 5.74) is 3.22. The number of nitro groups is 1. The number of nitro benzene ring substituents is 1. The van der Waals surface area contributed by atoms with Crippen LogP contribution in [0.3, 0.4) is 0 Å². The lowest BCUT2D eigenvalue weighted by Gasteiger charge is -2.08. The maximum absolute atomic E-state index is 12.9. The summed E-state index contributed by atoms with van der Waals surface area (Å²) < 4.78 is 38.7. The minimum absolute atomic E-state index is 0.254. The number of hydrogen-bond donors (Lipinski definition) is 0. The fraction of sp³-hybridized carbons (Fsp3) is 0.167. The Morgan fingerprint density at radius 3 is 2.50 bits per heavy atom. The third-order valence-corrected chi connectivity index (χ3v) is 2.45. The van der Waals surface area contributed by atoms with Crippen LogP contribution in [0.25, 0.3) is 11.8 Å². The van der Waals surface area contributed by atoms with Gasteiger partial charge in [0.1, 0.15) is 5.56 Å². The van der Waals surface area contributed by atoms with Gasteiger partial charge in [0.2, 0.25) is 0 Å². The minimum Gasteiger partial charge on any atom is -0.258 e. The molecule has 0 bridgehead atoms. The zero-order chi connectivity index (χ0) is 13.5. The van der Waals surface area contributed by atoms with E-state index < -0.39 is 22.4 Å². The van der Waals surface area contributed by atoms with Gasteiger partial charge in [0.25, 0.3) is 5.69 Å². The fourth-order valence-electron chi connectivity index (χ4n) is 1.73. The second kappa shape index (κ2) is 3.88. The summed E-state index contributed by atoms with van der Waals surface area (Å²) in [6, 6.07) is 2.14. The summed E-state index contributed by atoms with van der Waals surface area (Å²) in [5, 5.41) is 10.6. The van der Waals surface area contributed by atoms with Gasteiger partial charge in [-0.2, -0.15) is 13.2 Å². The Morgan fingerprint density at radius 2 is 1.94 bits per heavy atom. The van der Waals surface area contributed by atoms with E-state index in [-0.39, 0.29) is 10.4 Å².